The fourth-order valence-electron chi connectivity index (χ4n) is 6.50. The first-order valence-electron chi connectivity index (χ1n) is 17.1. The van der Waals surface area contributed by atoms with Gasteiger partial charge in [0.15, 0.2) is 0 Å². The molecule has 5 amide bonds. The van der Waals surface area contributed by atoms with Gasteiger partial charge in [-0.3, -0.25) is 14.4 Å². The van der Waals surface area contributed by atoms with Gasteiger partial charge in [0.25, 0.3) is 0 Å². The number of anilines is 1. The number of aliphatic hydroxyl groups is 2. The van der Waals surface area contributed by atoms with Crippen molar-refractivity contribution in [2.75, 3.05) is 39.2 Å². The molecule has 0 bridgehead atoms. The number of H-pyrrole nitrogens is 1. The van der Waals surface area contributed by atoms with Crippen LogP contribution in [0.3, 0.4) is 0 Å². The smallest absolute Gasteiger partial charge is 0.407 e. The summed E-state index contributed by atoms with van der Waals surface area (Å²) in [7, 11) is 2.36. The predicted molar refractivity (Wildman–Crippen MR) is 188 cm³/mol. The van der Waals surface area contributed by atoms with E-state index >= 15 is 0 Å². The third-order valence-electron chi connectivity index (χ3n) is 9.41. The Labute approximate surface area is 300 Å². The quantitative estimate of drug-likeness (QED) is 0.170. The Balaban J connectivity index is 1.17. The summed E-state index contributed by atoms with van der Waals surface area (Å²) in [6.45, 7) is 3.78. The Morgan fingerprint density at radius 1 is 0.808 bits per heavy atom. The van der Waals surface area contributed by atoms with Crippen LogP contribution in [-0.2, 0) is 23.9 Å². The van der Waals surface area contributed by atoms with Crippen molar-refractivity contribution in [3.8, 4) is 22.4 Å². The summed E-state index contributed by atoms with van der Waals surface area (Å²) in [6.07, 6.45) is -0.309. The molecule has 0 saturated carbocycles. The molecule has 278 valence electrons. The summed E-state index contributed by atoms with van der Waals surface area (Å²) in [5, 5.41) is 27.9. The van der Waals surface area contributed by atoms with Crippen LogP contribution in [0.15, 0.2) is 54.7 Å². The van der Waals surface area contributed by atoms with Gasteiger partial charge in [-0.1, -0.05) is 36.4 Å². The molecule has 6 atom stereocenters. The standard InChI is InChI=1S/C36H45N7O9/c1-20(44)29(40-35(49)51-3)33(47)42-17-15-25(19-42)32(46)38-26-13-11-23(12-14-26)22-7-9-24(10-8-22)27-18-37-31(39-27)28-6-5-16-43(28)34(48)30(21(2)45)41-36(50)52-4/h7-14,18,20-21,25,28-30,44-45H,5-6,15-17,19H2,1-4H3,(H,37,39)(H,38,46)(H,40,49)(H,41,50)/t20-,21-,25+,28+,29-,30+/m1/s1. The van der Waals surface area contributed by atoms with Gasteiger partial charge in [-0.2, -0.15) is 0 Å². The van der Waals surface area contributed by atoms with Gasteiger partial charge in [-0.05, 0) is 61.9 Å². The van der Waals surface area contributed by atoms with Gasteiger partial charge >= 0.3 is 12.2 Å². The highest BCUT2D eigenvalue weighted by Crippen LogP contribution is 2.33. The van der Waals surface area contributed by atoms with E-state index in [1.54, 1.807) is 23.2 Å². The lowest BCUT2D eigenvalue weighted by molar-refractivity contribution is -0.137. The zero-order valence-corrected chi connectivity index (χ0v) is 29.5. The summed E-state index contributed by atoms with van der Waals surface area (Å²) in [4.78, 5) is 73.7. The zero-order chi connectivity index (χ0) is 37.5. The van der Waals surface area contributed by atoms with E-state index in [1.807, 2.05) is 36.4 Å². The van der Waals surface area contributed by atoms with Crippen molar-refractivity contribution in [2.45, 2.75) is 63.4 Å². The van der Waals surface area contributed by atoms with Gasteiger partial charge in [0.05, 0.1) is 50.3 Å². The number of carbonyl (C=O) groups is 5. The van der Waals surface area contributed by atoms with Gasteiger partial charge in [0, 0.05) is 25.3 Å². The van der Waals surface area contributed by atoms with Crippen molar-refractivity contribution < 1.29 is 43.7 Å². The number of alkyl carbamates (subject to hydrolysis) is 2. The highest BCUT2D eigenvalue weighted by Gasteiger charge is 2.39. The van der Waals surface area contributed by atoms with Gasteiger partial charge in [0.1, 0.15) is 17.9 Å². The summed E-state index contributed by atoms with van der Waals surface area (Å²) >= 11 is 0. The zero-order valence-electron chi connectivity index (χ0n) is 29.5. The van der Waals surface area contributed by atoms with Crippen LogP contribution in [-0.4, -0.2) is 118 Å². The second-order valence-electron chi connectivity index (χ2n) is 13.0. The number of nitrogens with zero attached hydrogens (tertiary/aromatic N) is 3. The maximum Gasteiger partial charge on any atom is 0.407 e. The number of aromatic nitrogens is 2. The van der Waals surface area contributed by atoms with Gasteiger partial charge in [-0.25, -0.2) is 14.6 Å². The number of amides is 5. The Morgan fingerprint density at radius 2 is 1.37 bits per heavy atom. The summed E-state index contributed by atoms with van der Waals surface area (Å²) < 4.78 is 9.17. The van der Waals surface area contributed by atoms with Gasteiger partial charge in [0.2, 0.25) is 17.7 Å². The molecule has 2 aromatic carbocycles. The molecule has 3 aromatic rings. The number of aromatic amines is 1. The number of benzene rings is 2. The molecule has 5 rings (SSSR count). The molecule has 2 saturated heterocycles. The largest absolute Gasteiger partial charge is 0.453 e. The number of carbonyl (C=O) groups excluding carboxylic acids is 5. The monoisotopic (exact) mass is 719 g/mol. The van der Waals surface area contributed by atoms with E-state index in [9.17, 15) is 34.2 Å². The number of methoxy groups -OCH3 is 2. The van der Waals surface area contributed by atoms with Crippen molar-refractivity contribution in [2.24, 2.45) is 5.92 Å². The molecule has 2 aliphatic rings. The average Bonchev–Trinajstić information content (AvgIpc) is 3.94. The SMILES string of the molecule is COC(=O)N[C@H](C(=O)N1CCC[C@H]1c1ncc(-c2ccc(-c3ccc(NC(=O)[C@H]4CCN(C(=O)[C@H](NC(=O)OC)[C@@H](C)O)C4)cc3)cc2)[nH]1)[C@@H](C)O. The minimum Gasteiger partial charge on any atom is -0.453 e. The van der Waals surface area contributed by atoms with Crippen molar-refractivity contribution in [3.63, 3.8) is 0 Å². The van der Waals surface area contributed by atoms with Crippen LogP contribution in [0.25, 0.3) is 22.4 Å². The minimum atomic E-state index is -1.18. The Hall–Kier alpha value is -5.48. The molecule has 0 radical (unpaired) electrons. The van der Waals surface area contributed by atoms with Crippen LogP contribution >= 0.6 is 0 Å². The van der Waals surface area contributed by atoms with Crippen LogP contribution in [0.2, 0.25) is 0 Å². The Kier molecular flexibility index (Phi) is 12.1. The molecular formula is C36H45N7O9. The lowest BCUT2D eigenvalue weighted by atomic mass is 10.0. The Morgan fingerprint density at radius 3 is 1.94 bits per heavy atom. The van der Waals surface area contributed by atoms with Crippen LogP contribution in [0, 0.1) is 5.92 Å². The van der Waals surface area contributed by atoms with E-state index in [0.717, 1.165) is 28.8 Å². The van der Waals surface area contributed by atoms with Gasteiger partial charge < -0.3 is 50.4 Å². The minimum absolute atomic E-state index is 0.161. The third kappa shape index (κ3) is 8.69. The summed E-state index contributed by atoms with van der Waals surface area (Å²) in [5.74, 6) is -0.961. The predicted octanol–water partition coefficient (Wildman–Crippen LogP) is 2.41. The fourth-order valence-corrected chi connectivity index (χ4v) is 6.50. The van der Waals surface area contributed by atoms with E-state index < -0.39 is 54.2 Å². The van der Waals surface area contributed by atoms with Crippen LogP contribution in [0.4, 0.5) is 15.3 Å². The maximum atomic E-state index is 13.3. The summed E-state index contributed by atoms with van der Waals surface area (Å²) in [5.41, 5.74) is 4.15. The molecule has 3 heterocycles. The van der Waals surface area contributed by atoms with Crippen molar-refractivity contribution in [1.29, 1.82) is 0 Å². The first-order chi connectivity index (χ1) is 24.9. The highest BCUT2D eigenvalue weighted by atomic mass is 16.5. The number of likely N-dealkylation sites (tertiary alicyclic amines) is 2. The number of nitrogens with one attached hydrogen (secondary N) is 4. The number of hydrogen-bond acceptors (Lipinski definition) is 10. The van der Waals surface area contributed by atoms with E-state index in [-0.39, 0.29) is 18.5 Å². The normalized spacial score (nSPS) is 19.3. The summed E-state index contributed by atoms with van der Waals surface area (Å²) in [6, 6.07) is 12.6. The van der Waals surface area contributed by atoms with Crippen LogP contribution in [0.1, 0.15) is 45.0 Å². The molecule has 16 heteroatoms. The molecule has 0 aliphatic carbocycles. The van der Waals surface area contributed by atoms with E-state index in [1.165, 1.54) is 33.0 Å². The average molecular weight is 720 g/mol. The van der Waals surface area contributed by atoms with E-state index in [2.05, 4.69) is 35.4 Å². The number of aliphatic hydroxyl groups excluding tert-OH is 2. The van der Waals surface area contributed by atoms with Crippen molar-refractivity contribution in [3.05, 3.63) is 60.6 Å². The molecule has 2 fully saturated rings. The second-order valence-corrected chi connectivity index (χ2v) is 13.0. The first-order valence-corrected chi connectivity index (χ1v) is 17.1. The third-order valence-corrected chi connectivity index (χ3v) is 9.41. The number of rotatable bonds is 11. The molecular weight excluding hydrogens is 674 g/mol. The highest BCUT2D eigenvalue weighted by molar-refractivity contribution is 5.94. The molecule has 1 aromatic heterocycles. The molecule has 0 spiro atoms. The lowest BCUT2D eigenvalue weighted by Gasteiger charge is -2.29. The van der Waals surface area contributed by atoms with Crippen molar-refractivity contribution in [1.82, 2.24) is 30.4 Å². The number of hydrogen-bond donors (Lipinski definition) is 6. The first kappa shape index (κ1) is 37.8. The second kappa shape index (κ2) is 16.7. The number of ether oxygens (including phenoxy) is 2. The molecule has 6 N–H and O–H groups in total. The molecule has 0 unspecified atom stereocenters. The maximum absolute atomic E-state index is 13.3. The van der Waals surface area contributed by atoms with E-state index in [0.29, 0.717) is 37.4 Å². The molecule has 52 heavy (non-hydrogen) atoms. The van der Waals surface area contributed by atoms with Crippen LogP contribution < -0.4 is 16.0 Å². The van der Waals surface area contributed by atoms with Gasteiger partial charge in [-0.15, -0.1) is 0 Å². The number of imidazole rings is 1. The molecule has 2 aliphatic heterocycles. The topological polar surface area (TPSA) is 216 Å². The van der Waals surface area contributed by atoms with Crippen LogP contribution in [0.5, 0.6) is 0 Å². The Bertz CT molecular complexity index is 1740. The van der Waals surface area contributed by atoms with E-state index in [4.69, 9.17) is 0 Å². The van der Waals surface area contributed by atoms with Crippen molar-refractivity contribution >= 4 is 35.6 Å². The fraction of sp³-hybridized carbons (Fsp3) is 0.444. The lowest BCUT2D eigenvalue weighted by Crippen LogP contribution is -2.53. The molecule has 16 nitrogen and oxygen atoms in total.